The molecule has 0 saturated heterocycles. The molecule has 88 valence electrons. The van der Waals surface area contributed by atoms with Gasteiger partial charge in [0.05, 0.1) is 11.7 Å². The van der Waals surface area contributed by atoms with Gasteiger partial charge in [-0.05, 0) is 18.6 Å². The van der Waals surface area contributed by atoms with Crippen molar-refractivity contribution < 1.29 is 9.18 Å². The average Bonchev–Trinajstić information content (AvgIpc) is 2.25. The summed E-state index contributed by atoms with van der Waals surface area (Å²) >= 11 is 0. The van der Waals surface area contributed by atoms with E-state index in [0.29, 0.717) is 18.7 Å². The summed E-state index contributed by atoms with van der Waals surface area (Å²) < 4.78 is 13.4. The number of carbonyl (C=O) groups is 1. The number of rotatable bonds is 5. The molecule has 0 heterocycles. The molecule has 16 heavy (non-hydrogen) atoms. The van der Waals surface area contributed by atoms with Gasteiger partial charge in [0.2, 0.25) is 5.91 Å². The zero-order valence-corrected chi connectivity index (χ0v) is 9.19. The second-order valence-electron chi connectivity index (χ2n) is 3.67. The third-order valence-corrected chi connectivity index (χ3v) is 2.40. The summed E-state index contributed by atoms with van der Waals surface area (Å²) in [6.07, 6.45) is 0.403. The molecular formula is C11H16FN3O. The van der Waals surface area contributed by atoms with Crippen LogP contribution in [0.4, 0.5) is 10.1 Å². The Morgan fingerprint density at radius 3 is 2.69 bits per heavy atom. The summed E-state index contributed by atoms with van der Waals surface area (Å²) in [7, 11) is 1.74. The van der Waals surface area contributed by atoms with Crippen molar-refractivity contribution in [1.82, 2.24) is 0 Å². The standard InChI is InChI=1S/C11H16FN3O/c1-15(7-6-9(13)11(14)16)10-5-3-2-4-8(10)12/h2-5,9H,6-7,13H2,1H3,(H2,14,16). The minimum Gasteiger partial charge on any atom is -0.372 e. The SMILES string of the molecule is CN(CCC(N)C(N)=O)c1ccccc1F. The molecule has 1 amide bonds. The third kappa shape index (κ3) is 3.20. The Hall–Kier alpha value is -1.62. The zero-order valence-electron chi connectivity index (χ0n) is 9.19. The Labute approximate surface area is 94.0 Å². The zero-order chi connectivity index (χ0) is 12.1. The largest absolute Gasteiger partial charge is 0.372 e. The van der Waals surface area contributed by atoms with Crippen LogP contribution in [0.1, 0.15) is 6.42 Å². The number of primary amides is 1. The van der Waals surface area contributed by atoms with E-state index in [2.05, 4.69) is 0 Å². The van der Waals surface area contributed by atoms with Gasteiger partial charge in [-0.1, -0.05) is 12.1 Å². The maximum absolute atomic E-state index is 13.4. The average molecular weight is 225 g/mol. The minimum atomic E-state index is -0.686. The van der Waals surface area contributed by atoms with Crippen LogP contribution in [0.3, 0.4) is 0 Å². The summed E-state index contributed by atoms with van der Waals surface area (Å²) in [6, 6.07) is 5.75. The van der Waals surface area contributed by atoms with E-state index in [4.69, 9.17) is 11.5 Å². The molecule has 0 aromatic heterocycles. The van der Waals surface area contributed by atoms with E-state index in [9.17, 15) is 9.18 Å². The van der Waals surface area contributed by atoms with Crippen molar-refractivity contribution in [2.75, 3.05) is 18.5 Å². The summed E-state index contributed by atoms with van der Waals surface area (Å²) in [5, 5.41) is 0. The van der Waals surface area contributed by atoms with Gasteiger partial charge in [0.25, 0.3) is 0 Å². The molecule has 0 aliphatic heterocycles. The molecule has 1 aromatic carbocycles. The predicted octanol–water partition coefficient (Wildman–Crippen LogP) is 0.465. The smallest absolute Gasteiger partial charge is 0.234 e. The van der Waals surface area contributed by atoms with Crippen LogP contribution < -0.4 is 16.4 Å². The molecular weight excluding hydrogens is 209 g/mol. The van der Waals surface area contributed by atoms with Crippen LogP contribution in [0.25, 0.3) is 0 Å². The maximum Gasteiger partial charge on any atom is 0.234 e. The van der Waals surface area contributed by atoms with E-state index in [0.717, 1.165) is 0 Å². The van der Waals surface area contributed by atoms with E-state index in [1.165, 1.54) is 6.07 Å². The Bertz CT molecular complexity index is 370. The molecule has 0 saturated carbocycles. The second-order valence-corrected chi connectivity index (χ2v) is 3.67. The normalized spacial score (nSPS) is 12.2. The van der Waals surface area contributed by atoms with Crippen molar-refractivity contribution >= 4 is 11.6 Å². The third-order valence-electron chi connectivity index (χ3n) is 2.40. The van der Waals surface area contributed by atoms with Crippen LogP contribution in [0.2, 0.25) is 0 Å². The second kappa shape index (κ2) is 5.46. The monoisotopic (exact) mass is 225 g/mol. The number of para-hydroxylation sites is 1. The number of hydrogen-bond donors (Lipinski definition) is 2. The molecule has 4 N–H and O–H groups in total. The Kier molecular flexibility index (Phi) is 4.25. The number of anilines is 1. The van der Waals surface area contributed by atoms with Gasteiger partial charge >= 0.3 is 0 Å². The van der Waals surface area contributed by atoms with Crippen molar-refractivity contribution in [1.29, 1.82) is 0 Å². The van der Waals surface area contributed by atoms with Crippen LogP contribution >= 0.6 is 0 Å². The molecule has 0 aliphatic carbocycles. The Morgan fingerprint density at radius 1 is 1.50 bits per heavy atom. The van der Waals surface area contributed by atoms with Crippen LogP contribution in [0.15, 0.2) is 24.3 Å². The first-order chi connectivity index (χ1) is 7.52. The van der Waals surface area contributed by atoms with E-state index in [1.54, 1.807) is 30.1 Å². The van der Waals surface area contributed by atoms with Crippen molar-refractivity contribution in [3.05, 3.63) is 30.1 Å². The highest BCUT2D eigenvalue weighted by atomic mass is 19.1. The first-order valence-corrected chi connectivity index (χ1v) is 5.03. The minimum absolute atomic E-state index is 0.294. The van der Waals surface area contributed by atoms with E-state index in [1.807, 2.05) is 0 Å². The number of hydrogen-bond acceptors (Lipinski definition) is 3. The number of halogens is 1. The van der Waals surface area contributed by atoms with Gasteiger partial charge in [0.1, 0.15) is 5.82 Å². The first-order valence-electron chi connectivity index (χ1n) is 5.03. The summed E-state index contributed by atoms with van der Waals surface area (Å²) in [5.74, 6) is -0.834. The lowest BCUT2D eigenvalue weighted by atomic mass is 10.2. The lowest BCUT2D eigenvalue weighted by Crippen LogP contribution is -2.39. The van der Waals surface area contributed by atoms with Crippen LogP contribution in [0, 0.1) is 5.82 Å². The molecule has 5 heteroatoms. The topological polar surface area (TPSA) is 72.3 Å². The van der Waals surface area contributed by atoms with Crippen LogP contribution in [-0.4, -0.2) is 25.5 Å². The highest BCUT2D eigenvalue weighted by Gasteiger charge is 2.12. The fraction of sp³-hybridized carbons (Fsp3) is 0.364. The maximum atomic E-state index is 13.4. The molecule has 4 nitrogen and oxygen atoms in total. The van der Waals surface area contributed by atoms with Crippen molar-refractivity contribution in [2.24, 2.45) is 11.5 Å². The Balaban J connectivity index is 2.56. The lowest BCUT2D eigenvalue weighted by molar-refractivity contribution is -0.119. The van der Waals surface area contributed by atoms with Gasteiger partial charge in [0, 0.05) is 13.6 Å². The van der Waals surface area contributed by atoms with Gasteiger partial charge in [-0.25, -0.2) is 4.39 Å². The number of amides is 1. The van der Waals surface area contributed by atoms with Crippen molar-refractivity contribution in [3.8, 4) is 0 Å². The molecule has 1 atom stereocenters. The highest BCUT2D eigenvalue weighted by Crippen LogP contribution is 2.17. The van der Waals surface area contributed by atoms with Gasteiger partial charge in [-0.3, -0.25) is 4.79 Å². The van der Waals surface area contributed by atoms with Crippen LogP contribution in [0.5, 0.6) is 0 Å². The molecule has 0 spiro atoms. The molecule has 0 radical (unpaired) electrons. The fourth-order valence-corrected chi connectivity index (χ4v) is 1.36. The number of nitrogens with two attached hydrogens (primary N) is 2. The lowest BCUT2D eigenvalue weighted by Gasteiger charge is -2.20. The van der Waals surface area contributed by atoms with E-state index >= 15 is 0 Å². The number of carbonyl (C=O) groups excluding carboxylic acids is 1. The molecule has 1 unspecified atom stereocenters. The quantitative estimate of drug-likeness (QED) is 0.765. The van der Waals surface area contributed by atoms with Gasteiger partial charge in [0.15, 0.2) is 0 Å². The van der Waals surface area contributed by atoms with E-state index < -0.39 is 11.9 Å². The van der Waals surface area contributed by atoms with Gasteiger partial charge in [-0.15, -0.1) is 0 Å². The number of nitrogens with zero attached hydrogens (tertiary/aromatic N) is 1. The van der Waals surface area contributed by atoms with Crippen molar-refractivity contribution in [2.45, 2.75) is 12.5 Å². The molecule has 1 aromatic rings. The molecule has 0 bridgehead atoms. The summed E-state index contributed by atoms with van der Waals surface area (Å²) in [4.78, 5) is 12.4. The molecule has 0 fully saturated rings. The highest BCUT2D eigenvalue weighted by molar-refractivity contribution is 5.79. The summed E-state index contributed by atoms with van der Waals surface area (Å²) in [5.41, 5.74) is 11.0. The Morgan fingerprint density at radius 2 is 2.12 bits per heavy atom. The molecule has 0 aliphatic rings. The van der Waals surface area contributed by atoms with E-state index in [-0.39, 0.29) is 5.82 Å². The van der Waals surface area contributed by atoms with Gasteiger partial charge in [-0.2, -0.15) is 0 Å². The number of benzene rings is 1. The molecule has 1 rings (SSSR count). The fourth-order valence-electron chi connectivity index (χ4n) is 1.36. The first kappa shape index (κ1) is 12.4. The predicted molar refractivity (Wildman–Crippen MR) is 61.5 cm³/mol. The van der Waals surface area contributed by atoms with Crippen LogP contribution in [-0.2, 0) is 4.79 Å². The van der Waals surface area contributed by atoms with Crippen molar-refractivity contribution in [3.63, 3.8) is 0 Å². The van der Waals surface area contributed by atoms with Gasteiger partial charge < -0.3 is 16.4 Å². The summed E-state index contributed by atoms with van der Waals surface area (Å²) in [6.45, 7) is 0.477.